The Labute approximate surface area is 127 Å². The highest BCUT2D eigenvalue weighted by Gasteiger charge is 2.08. The van der Waals surface area contributed by atoms with Crippen LogP contribution in [0.4, 0.5) is 11.5 Å². The molecule has 6 nitrogen and oxygen atoms in total. The Morgan fingerprint density at radius 2 is 1.91 bits per heavy atom. The average molecular weight is 294 g/mol. The topological polar surface area (TPSA) is 80.0 Å². The van der Waals surface area contributed by atoms with Gasteiger partial charge in [-0.3, -0.25) is 4.79 Å². The number of anilines is 2. The van der Waals surface area contributed by atoms with E-state index in [0.29, 0.717) is 18.1 Å². The van der Waals surface area contributed by atoms with E-state index in [1.165, 1.54) is 12.4 Å². The van der Waals surface area contributed by atoms with Crippen molar-refractivity contribution in [3.8, 4) is 0 Å². The summed E-state index contributed by atoms with van der Waals surface area (Å²) in [5.74, 6) is 1.08. The highest BCUT2D eigenvalue weighted by Crippen LogP contribution is 2.09. The Kier molecular flexibility index (Phi) is 4.10. The van der Waals surface area contributed by atoms with Crippen LogP contribution in [-0.2, 0) is 6.54 Å². The summed E-state index contributed by atoms with van der Waals surface area (Å²) >= 11 is 0. The number of para-hydroxylation sites is 1. The SMILES string of the molecule is O=C(Nc1ccccc1)c1cnc(NCc2ccco2)cn1. The van der Waals surface area contributed by atoms with Crippen LogP contribution in [0, 0.1) is 0 Å². The van der Waals surface area contributed by atoms with Gasteiger partial charge in [-0.25, -0.2) is 9.97 Å². The molecule has 3 aromatic rings. The predicted octanol–water partition coefficient (Wildman–Crippen LogP) is 2.93. The summed E-state index contributed by atoms with van der Waals surface area (Å²) in [6, 6.07) is 12.9. The smallest absolute Gasteiger partial charge is 0.275 e. The maximum Gasteiger partial charge on any atom is 0.275 e. The number of nitrogens with one attached hydrogen (secondary N) is 2. The molecule has 110 valence electrons. The molecule has 0 aliphatic rings. The van der Waals surface area contributed by atoms with Crippen LogP contribution in [0.3, 0.4) is 0 Å². The number of hydrogen-bond donors (Lipinski definition) is 2. The number of benzene rings is 1. The molecule has 0 unspecified atom stereocenters. The summed E-state index contributed by atoms with van der Waals surface area (Å²) in [5, 5.41) is 5.82. The number of hydrogen-bond acceptors (Lipinski definition) is 5. The predicted molar refractivity (Wildman–Crippen MR) is 82.5 cm³/mol. The lowest BCUT2D eigenvalue weighted by Gasteiger charge is -2.06. The minimum absolute atomic E-state index is 0.257. The van der Waals surface area contributed by atoms with Gasteiger partial charge < -0.3 is 15.1 Å². The summed E-state index contributed by atoms with van der Waals surface area (Å²) in [6.07, 6.45) is 4.56. The van der Waals surface area contributed by atoms with Gasteiger partial charge >= 0.3 is 0 Å². The first kappa shape index (κ1) is 13.8. The second kappa shape index (κ2) is 6.53. The molecule has 2 N–H and O–H groups in total. The molecule has 0 fully saturated rings. The van der Waals surface area contributed by atoms with Gasteiger partial charge in [-0.1, -0.05) is 18.2 Å². The van der Waals surface area contributed by atoms with Crippen molar-refractivity contribution in [1.82, 2.24) is 9.97 Å². The van der Waals surface area contributed by atoms with Gasteiger partial charge in [-0.2, -0.15) is 0 Å². The van der Waals surface area contributed by atoms with Crippen LogP contribution in [-0.4, -0.2) is 15.9 Å². The standard InChI is InChI=1S/C16H14N4O2/c21-16(20-12-5-2-1-3-6-12)14-10-19-15(11-17-14)18-9-13-7-4-8-22-13/h1-8,10-11H,9H2,(H,18,19)(H,20,21). The minimum Gasteiger partial charge on any atom is -0.467 e. The molecule has 0 spiro atoms. The van der Waals surface area contributed by atoms with Gasteiger partial charge in [0.25, 0.3) is 5.91 Å². The molecule has 22 heavy (non-hydrogen) atoms. The van der Waals surface area contributed by atoms with Gasteiger partial charge in [0.1, 0.15) is 17.3 Å². The Balaban J connectivity index is 1.60. The van der Waals surface area contributed by atoms with Crippen molar-refractivity contribution in [2.45, 2.75) is 6.54 Å². The van der Waals surface area contributed by atoms with Crippen molar-refractivity contribution in [2.75, 3.05) is 10.6 Å². The molecule has 0 atom stereocenters. The Morgan fingerprint density at radius 3 is 2.59 bits per heavy atom. The van der Waals surface area contributed by atoms with Crippen molar-refractivity contribution in [3.05, 3.63) is 72.6 Å². The number of rotatable bonds is 5. The van der Waals surface area contributed by atoms with Gasteiger partial charge in [0.05, 0.1) is 25.2 Å². The van der Waals surface area contributed by atoms with E-state index in [9.17, 15) is 4.79 Å². The molecule has 0 aliphatic carbocycles. The lowest BCUT2D eigenvalue weighted by Crippen LogP contribution is -2.14. The fraction of sp³-hybridized carbons (Fsp3) is 0.0625. The van der Waals surface area contributed by atoms with E-state index in [1.54, 1.807) is 6.26 Å². The van der Waals surface area contributed by atoms with E-state index in [2.05, 4.69) is 20.6 Å². The maximum atomic E-state index is 12.0. The quantitative estimate of drug-likeness (QED) is 0.756. The molecule has 0 bridgehead atoms. The van der Waals surface area contributed by atoms with E-state index in [0.717, 1.165) is 5.76 Å². The second-order valence-corrected chi connectivity index (χ2v) is 4.54. The monoisotopic (exact) mass is 294 g/mol. The van der Waals surface area contributed by atoms with E-state index in [1.807, 2.05) is 42.5 Å². The van der Waals surface area contributed by atoms with Crippen LogP contribution >= 0.6 is 0 Å². The summed E-state index contributed by atoms with van der Waals surface area (Å²) in [4.78, 5) is 20.3. The summed E-state index contributed by atoms with van der Waals surface area (Å²) in [5.41, 5.74) is 0.974. The number of carbonyl (C=O) groups excluding carboxylic acids is 1. The average Bonchev–Trinajstić information content (AvgIpc) is 3.08. The van der Waals surface area contributed by atoms with Crippen LogP contribution in [0.2, 0.25) is 0 Å². The van der Waals surface area contributed by atoms with Crippen molar-refractivity contribution >= 4 is 17.4 Å². The zero-order valence-corrected chi connectivity index (χ0v) is 11.7. The number of nitrogens with zero attached hydrogens (tertiary/aromatic N) is 2. The van der Waals surface area contributed by atoms with Gasteiger partial charge in [0, 0.05) is 5.69 Å². The lowest BCUT2D eigenvalue weighted by molar-refractivity contribution is 0.102. The van der Waals surface area contributed by atoms with Gasteiger partial charge in [0.15, 0.2) is 0 Å². The van der Waals surface area contributed by atoms with E-state index < -0.39 is 0 Å². The molecule has 1 aromatic carbocycles. The zero-order valence-electron chi connectivity index (χ0n) is 11.7. The Hall–Kier alpha value is -3.15. The maximum absolute atomic E-state index is 12.0. The van der Waals surface area contributed by atoms with E-state index in [-0.39, 0.29) is 11.6 Å². The van der Waals surface area contributed by atoms with Crippen LogP contribution in [0.5, 0.6) is 0 Å². The van der Waals surface area contributed by atoms with E-state index >= 15 is 0 Å². The van der Waals surface area contributed by atoms with Crippen molar-refractivity contribution < 1.29 is 9.21 Å². The molecule has 3 rings (SSSR count). The highest BCUT2D eigenvalue weighted by molar-refractivity contribution is 6.02. The number of amides is 1. The van der Waals surface area contributed by atoms with Crippen LogP contribution < -0.4 is 10.6 Å². The highest BCUT2D eigenvalue weighted by atomic mass is 16.3. The molecular formula is C16H14N4O2. The summed E-state index contributed by atoms with van der Waals surface area (Å²) in [6.45, 7) is 0.511. The molecule has 1 amide bonds. The number of furan rings is 1. The Bertz CT molecular complexity index is 725. The summed E-state index contributed by atoms with van der Waals surface area (Å²) < 4.78 is 5.21. The van der Waals surface area contributed by atoms with Crippen LogP contribution in [0.1, 0.15) is 16.2 Å². The number of aromatic nitrogens is 2. The largest absolute Gasteiger partial charge is 0.467 e. The first-order valence-electron chi connectivity index (χ1n) is 6.76. The zero-order chi connectivity index (χ0) is 15.2. The molecule has 6 heteroatoms. The van der Waals surface area contributed by atoms with Gasteiger partial charge in [0.2, 0.25) is 0 Å². The molecule has 0 radical (unpaired) electrons. The van der Waals surface area contributed by atoms with E-state index in [4.69, 9.17) is 4.42 Å². The normalized spacial score (nSPS) is 10.2. The second-order valence-electron chi connectivity index (χ2n) is 4.54. The van der Waals surface area contributed by atoms with Crippen LogP contribution in [0.25, 0.3) is 0 Å². The molecule has 2 aromatic heterocycles. The molecular weight excluding hydrogens is 280 g/mol. The van der Waals surface area contributed by atoms with Crippen molar-refractivity contribution in [3.63, 3.8) is 0 Å². The summed E-state index contributed by atoms with van der Waals surface area (Å²) in [7, 11) is 0. The molecule has 0 saturated heterocycles. The minimum atomic E-state index is -0.295. The first-order valence-corrected chi connectivity index (χ1v) is 6.76. The van der Waals surface area contributed by atoms with Crippen molar-refractivity contribution in [1.29, 1.82) is 0 Å². The molecule has 2 heterocycles. The molecule has 0 saturated carbocycles. The Morgan fingerprint density at radius 1 is 1.05 bits per heavy atom. The molecule has 0 aliphatic heterocycles. The first-order chi connectivity index (χ1) is 10.8. The lowest BCUT2D eigenvalue weighted by atomic mass is 10.3. The fourth-order valence-electron chi connectivity index (χ4n) is 1.84. The third-order valence-electron chi connectivity index (χ3n) is 2.94. The fourth-order valence-corrected chi connectivity index (χ4v) is 1.84. The van der Waals surface area contributed by atoms with Gasteiger partial charge in [-0.05, 0) is 24.3 Å². The van der Waals surface area contributed by atoms with Crippen LogP contribution in [0.15, 0.2) is 65.5 Å². The number of carbonyl (C=O) groups is 1. The van der Waals surface area contributed by atoms with Gasteiger partial charge in [-0.15, -0.1) is 0 Å². The van der Waals surface area contributed by atoms with Crippen molar-refractivity contribution in [2.24, 2.45) is 0 Å². The third kappa shape index (κ3) is 3.49. The third-order valence-corrected chi connectivity index (χ3v) is 2.94.